The van der Waals surface area contributed by atoms with Crippen LogP contribution in [0.5, 0.6) is 0 Å². The fourth-order valence-electron chi connectivity index (χ4n) is 4.85. The molecular formula is C27H34N6OS. The minimum atomic E-state index is 0.104. The Morgan fingerprint density at radius 1 is 1.20 bits per heavy atom. The molecular weight excluding hydrogens is 456 g/mol. The van der Waals surface area contributed by atoms with Gasteiger partial charge in [-0.05, 0) is 43.5 Å². The number of allylic oxidation sites excluding steroid dienone is 1. The summed E-state index contributed by atoms with van der Waals surface area (Å²) in [6.45, 7) is 3.52. The second-order valence-corrected chi connectivity index (χ2v) is 10.5. The fourth-order valence-corrected chi connectivity index (χ4v) is 5.86. The smallest absolute Gasteiger partial charge is 0.184 e. The molecule has 1 fully saturated rings. The predicted molar refractivity (Wildman–Crippen MR) is 145 cm³/mol. The number of aliphatic imine (C=N–C) groups is 1. The van der Waals surface area contributed by atoms with Crippen LogP contribution in [0.15, 0.2) is 53.5 Å². The maximum absolute atomic E-state index is 5.81. The van der Waals surface area contributed by atoms with E-state index in [9.17, 15) is 0 Å². The van der Waals surface area contributed by atoms with Crippen LogP contribution in [0.1, 0.15) is 50.2 Å². The summed E-state index contributed by atoms with van der Waals surface area (Å²) in [5, 5.41) is 9.04. The number of anilines is 1. The van der Waals surface area contributed by atoms with Crippen LogP contribution in [-0.2, 0) is 18.3 Å². The molecule has 2 aromatic heterocycles. The molecule has 184 valence electrons. The first kappa shape index (κ1) is 23.6. The minimum Gasteiger partial charge on any atom is -0.496 e. The van der Waals surface area contributed by atoms with Crippen LogP contribution in [-0.4, -0.2) is 51.7 Å². The molecule has 0 amide bonds. The number of benzene rings is 1. The van der Waals surface area contributed by atoms with Gasteiger partial charge in [0, 0.05) is 43.0 Å². The number of hydrogen-bond donors (Lipinski definition) is 1. The van der Waals surface area contributed by atoms with E-state index in [0.717, 1.165) is 34.1 Å². The number of aryl methyl sites for hydroxylation is 1. The Morgan fingerprint density at radius 2 is 2.06 bits per heavy atom. The molecule has 0 spiro atoms. The van der Waals surface area contributed by atoms with E-state index in [1.165, 1.54) is 42.4 Å². The average Bonchev–Trinajstić information content (AvgIpc) is 3.48. The Hall–Kier alpha value is -3.13. The van der Waals surface area contributed by atoms with Crippen molar-refractivity contribution < 1.29 is 4.74 Å². The number of ether oxygens (including phenoxy) is 1. The zero-order valence-corrected chi connectivity index (χ0v) is 21.6. The van der Waals surface area contributed by atoms with Gasteiger partial charge < -0.3 is 15.0 Å². The SMILES string of the molecule is COC1=C/C(C)N(Cc2ccc3nc(NC4CCCCC4)sc3c2)/C=N\C/C=C\1c1cnn(C)c1. The second kappa shape index (κ2) is 10.6. The second-order valence-electron chi connectivity index (χ2n) is 9.45. The number of fused-ring (bicyclic) bond motifs is 1. The normalized spacial score (nSPS) is 23.5. The van der Waals surface area contributed by atoms with Gasteiger partial charge in [-0.2, -0.15) is 5.10 Å². The molecule has 5 rings (SSSR count). The van der Waals surface area contributed by atoms with E-state index in [2.05, 4.69) is 52.6 Å². The molecule has 1 aromatic carbocycles. The summed E-state index contributed by atoms with van der Waals surface area (Å²) in [6, 6.07) is 7.27. The van der Waals surface area contributed by atoms with Crippen molar-refractivity contribution in [1.82, 2.24) is 19.7 Å². The van der Waals surface area contributed by atoms with E-state index in [1.807, 2.05) is 25.8 Å². The van der Waals surface area contributed by atoms with E-state index < -0.39 is 0 Å². The highest BCUT2D eigenvalue weighted by molar-refractivity contribution is 7.22. The topological polar surface area (TPSA) is 67.6 Å². The summed E-state index contributed by atoms with van der Waals surface area (Å²) < 4.78 is 8.84. The number of methoxy groups -OCH3 is 1. The Morgan fingerprint density at radius 3 is 2.83 bits per heavy atom. The highest BCUT2D eigenvalue weighted by atomic mass is 32.1. The first-order valence-electron chi connectivity index (χ1n) is 12.5. The fraction of sp³-hybridized carbons (Fsp3) is 0.444. The van der Waals surface area contributed by atoms with Crippen LogP contribution in [0.2, 0.25) is 0 Å². The van der Waals surface area contributed by atoms with Gasteiger partial charge >= 0.3 is 0 Å². The summed E-state index contributed by atoms with van der Waals surface area (Å²) in [5.74, 6) is 0.845. The molecule has 3 aromatic rings. The summed E-state index contributed by atoms with van der Waals surface area (Å²) in [4.78, 5) is 11.8. The van der Waals surface area contributed by atoms with Crippen LogP contribution in [0, 0.1) is 0 Å². The van der Waals surface area contributed by atoms with Gasteiger partial charge in [-0.1, -0.05) is 42.7 Å². The van der Waals surface area contributed by atoms with E-state index in [-0.39, 0.29) is 6.04 Å². The largest absolute Gasteiger partial charge is 0.496 e. The quantitative estimate of drug-likeness (QED) is 0.486. The number of thiazole rings is 1. The molecule has 8 heteroatoms. The zero-order chi connectivity index (χ0) is 24.2. The molecule has 1 unspecified atom stereocenters. The van der Waals surface area contributed by atoms with Gasteiger partial charge in [0.05, 0.1) is 36.4 Å². The van der Waals surface area contributed by atoms with Crippen molar-refractivity contribution in [2.75, 3.05) is 19.0 Å². The Kier molecular flexibility index (Phi) is 7.18. The number of hydrogen-bond acceptors (Lipinski definition) is 7. The lowest BCUT2D eigenvalue weighted by Gasteiger charge is -2.25. The van der Waals surface area contributed by atoms with Gasteiger partial charge in [-0.3, -0.25) is 9.67 Å². The highest BCUT2D eigenvalue weighted by Gasteiger charge is 2.18. The van der Waals surface area contributed by atoms with Crippen molar-refractivity contribution in [3.05, 3.63) is 59.6 Å². The van der Waals surface area contributed by atoms with Gasteiger partial charge in [0.2, 0.25) is 0 Å². The summed E-state index contributed by atoms with van der Waals surface area (Å²) in [6.07, 6.45) is 16.6. The Balaban J connectivity index is 1.33. The van der Waals surface area contributed by atoms with Crippen molar-refractivity contribution in [2.24, 2.45) is 12.0 Å². The lowest BCUT2D eigenvalue weighted by molar-refractivity contribution is 0.299. The summed E-state index contributed by atoms with van der Waals surface area (Å²) in [7, 11) is 3.65. The maximum atomic E-state index is 5.81. The molecule has 35 heavy (non-hydrogen) atoms. The molecule has 7 nitrogen and oxygen atoms in total. The summed E-state index contributed by atoms with van der Waals surface area (Å²) in [5.41, 5.74) is 4.37. The third-order valence-corrected chi connectivity index (χ3v) is 7.75. The Labute approximate surface area is 211 Å². The van der Waals surface area contributed by atoms with E-state index in [0.29, 0.717) is 12.6 Å². The number of aromatic nitrogens is 3. The minimum absolute atomic E-state index is 0.104. The van der Waals surface area contributed by atoms with Crippen molar-refractivity contribution in [3.63, 3.8) is 0 Å². The van der Waals surface area contributed by atoms with Gasteiger partial charge in [-0.25, -0.2) is 4.98 Å². The van der Waals surface area contributed by atoms with Crippen LogP contribution >= 0.6 is 11.3 Å². The number of nitrogens with one attached hydrogen (secondary N) is 1. The molecule has 1 aliphatic carbocycles. The number of nitrogens with zero attached hydrogens (tertiary/aromatic N) is 5. The van der Waals surface area contributed by atoms with Gasteiger partial charge in [0.15, 0.2) is 5.13 Å². The lowest BCUT2D eigenvalue weighted by atomic mass is 9.96. The Bertz CT molecular complexity index is 1250. The molecule has 1 N–H and O–H groups in total. The zero-order valence-electron chi connectivity index (χ0n) is 20.8. The van der Waals surface area contributed by atoms with E-state index in [1.54, 1.807) is 23.1 Å². The molecule has 2 aliphatic rings. The maximum Gasteiger partial charge on any atom is 0.184 e. The standard InChI is InChI=1S/C27H34N6OS/c1-19-13-25(34-3)23(21-15-29-32(2)17-21)11-12-28-18-33(19)16-20-9-10-24-26(14-20)35-27(31-24)30-22-7-5-4-6-8-22/h9-11,13-15,17-19,22H,4-8,12,16H2,1-3H3,(H,30,31)/b23-11-,25-13+,28-18-. The van der Waals surface area contributed by atoms with Crippen LogP contribution in [0.4, 0.5) is 5.13 Å². The van der Waals surface area contributed by atoms with Gasteiger partial charge in [-0.15, -0.1) is 0 Å². The van der Waals surface area contributed by atoms with Crippen molar-refractivity contribution >= 4 is 38.6 Å². The van der Waals surface area contributed by atoms with Crippen LogP contribution in [0.3, 0.4) is 0 Å². The molecule has 3 heterocycles. The molecule has 0 saturated heterocycles. The van der Waals surface area contributed by atoms with Crippen molar-refractivity contribution in [1.29, 1.82) is 0 Å². The highest BCUT2D eigenvalue weighted by Crippen LogP contribution is 2.30. The molecule has 1 atom stereocenters. The lowest BCUT2D eigenvalue weighted by Crippen LogP contribution is -2.30. The van der Waals surface area contributed by atoms with E-state index in [4.69, 9.17) is 14.7 Å². The van der Waals surface area contributed by atoms with Crippen molar-refractivity contribution in [2.45, 2.75) is 57.7 Å². The predicted octanol–water partition coefficient (Wildman–Crippen LogP) is 5.62. The van der Waals surface area contributed by atoms with Crippen LogP contribution in [0.25, 0.3) is 15.8 Å². The average molecular weight is 491 g/mol. The molecule has 1 aliphatic heterocycles. The third-order valence-electron chi connectivity index (χ3n) is 6.80. The molecule has 1 saturated carbocycles. The third kappa shape index (κ3) is 5.59. The first-order chi connectivity index (χ1) is 17.1. The summed E-state index contributed by atoms with van der Waals surface area (Å²) >= 11 is 1.76. The monoisotopic (exact) mass is 490 g/mol. The molecule has 0 radical (unpaired) electrons. The van der Waals surface area contributed by atoms with Crippen molar-refractivity contribution in [3.8, 4) is 0 Å². The molecule has 0 bridgehead atoms. The first-order valence-corrected chi connectivity index (χ1v) is 13.3. The van der Waals surface area contributed by atoms with Gasteiger partial charge in [0.25, 0.3) is 0 Å². The van der Waals surface area contributed by atoms with E-state index >= 15 is 0 Å². The van der Waals surface area contributed by atoms with Gasteiger partial charge in [0.1, 0.15) is 5.76 Å². The van der Waals surface area contributed by atoms with Crippen LogP contribution < -0.4 is 5.32 Å². The number of rotatable bonds is 6.